The zero-order chi connectivity index (χ0) is 21.8. The molecule has 31 heavy (non-hydrogen) atoms. The number of amides is 1. The van der Waals surface area contributed by atoms with Gasteiger partial charge in [-0.05, 0) is 54.3 Å². The van der Waals surface area contributed by atoms with E-state index in [-0.39, 0.29) is 18.0 Å². The minimum Gasteiger partial charge on any atom is -0.346 e. The van der Waals surface area contributed by atoms with Crippen LogP contribution in [-0.4, -0.2) is 25.1 Å². The molecule has 6 nitrogen and oxygen atoms in total. The highest BCUT2D eigenvalue weighted by Crippen LogP contribution is 2.26. The zero-order valence-corrected chi connectivity index (χ0v) is 18.4. The maximum atomic E-state index is 13.2. The van der Waals surface area contributed by atoms with E-state index in [0.717, 1.165) is 23.5 Å². The van der Waals surface area contributed by atoms with Gasteiger partial charge in [0.2, 0.25) is 5.91 Å². The smallest absolute Gasteiger partial charge is 0.223 e. The van der Waals surface area contributed by atoms with Crippen molar-refractivity contribution in [1.29, 1.82) is 0 Å². The Bertz CT molecular complexity index is 1130. The molecule has 160 valence electrons. The number of aromatic nitrogens is 4. The van der Waals surface area contributed by atoms with Crippen molar-refractivity contribution in [3.05, 3.63) is 89.6 Å². The molecule has 0 spiro atoms. The highest BCUT2D eigenvalue weighted by molar-refractivity contribution is 6.30. The monoisotopic (exact) mass is 435 g/mol. The molecule has 0 bridgehead atoms. The van der Waals surface area contributed by atoms with Crippen molar-refractivity contribution >= 4 is 23.2 Å². The summed E-state index contributed by atoms with van der Waals surface area (Å²) in [5.41, 5.74) is 1.80. The van der Waals surface area contributed by atoms with Gasteiger partial charge in [-0.3, -0.25) is 9.20 Å². The van der Waals surface area contributed by atoms with Crippen LogP contribution in [0.15, 0.2) is 73.2 Å². The molecule has 0 saturated heterocycles. The van der Waals surface area contributed by atoms with E-state index in [9.17, 15) is 4.79 Å². The molecule has 0 fully saturated rings. The summed E-state index contributed by atoms with van der Waals surface area (Å²) >= 11 is 6.07. The molecule has 3 heterocycles. The minimum absolute atomic E-state index is 0.0352. The molecule has 0 aliphatic carbocycles. The van der Waals surface area contributed by atoms with Crippen LogP contribution in [0.3, 0.4) is 0 Å². The SMILES string of the molecule is CC(C)C[C@H](NC(=O)CC(c1ccc(Cl)cc1)n1cccc1)c1nnc2ccccn12. The normalized spacial score (nSPS) is 13.4. The number of hydrogen-bond acceptors (Lipinski definition) is 3. The van der Waals surface area contributed by atoms with Gasteiger partial charge in [0.05, 0.1) is 18.5 Å². The van der Waals surface area contributed by atoms with Gasteiger partial charge >= 0.3 is 0 Å². The van der Waals surface area contributed by atoms with Gasteiger partial charge in [0, 0.05) is 23.6 Å². The number of nitrogens with one attached hydrogen (secondary N) is 1. The van der Waals surface area contributed by atoms with Gasteiger partial charge in [0.15, 0.2) is 11.5 Å². The Labute approximate surface area is 186 Å². The van der Waals surface area contributed by atoms with Crippen LogP contribution in [-0.2, 0) is 4.79 Å². The van der Waals surface area contributed by atoms with E-state index in [4.69, 9.17) is 11.6 Å². The summed E-state index contributed by atoms with van der Waals surface area (Å²) in [6.07, 6.45) is 6.97. The van der Waals surface area contributed by atoms with Crippen molar-refractivity contribution in [2.45, 2.75) is 38.8 Å². The first-order valence-electron chi connectivity index (χ1n) is 10.5. The van der Waals surface area contributed by atoms with Crippen molar-refractivity contribution in [2.24, 2.45) is 5.92 Å². The first-order valence-corrected chi connectivity index (χ1v) is 10.9. The average molecular weight is 436 g/mol. The molecule has 2 atom stereocenters. The number of carbonyl (C=O) groups is 1. The fourth-order valence-electron chi connectivity index (χ4n) is 3.86. The fraction of sp³-hybridized carbons (Fsp3) is 0.292. The fourth-order valence-corrected chi connectivity index (χ4v) is 3.99. The molecule has 0 aliphatic heterocycles. The molecular formula is C24H26ClN5O. The Balaban J connectivity index is 1.58. The number of nitrogens with zero attached hydrogens (tertiary/aromatic N) is 4. The lowest BCUT2D eigenvalue weighted by Gasteiger charge is -2.23. The molecule has 4 aromatic rings. The standard InChI is InChI=1S/C24H26ClN5O/c1-17(2)15-20(24-28-27-22-7-3-4-14-30(22)24)26-23(31)16-21(29-12-5-6-13-29)18-8-10-19(25)11-9-18/h3-14,17,20-21H,15-16H2,1-2H3,(H,26,31)/t20-,21?/m0/s1. The van der Waals surface area contributed by atoms with E-state index in [0.29, 0.717) is 17.4 Å². The molecule has 1 aromatic carbocycles. The minimum atomic E-state index is -0.222. The maximum absolute atomic E-state index is 13.2. The third-order valence-electron chi connectivity index (χ3n) is 5.32. The van der Waals surface area contributed by atoms with Crippen LogP contribution in [0, 0.1) is 5.92 Å². The van der Waals surface area contributed by atoms with Gasteiger partial charge in [0.25, 0.3) is 0 Å². The Morgan fingerprint density at radius 1 is 1.00 bits per heavy atom. The largest absolute Gasteiger partial charge is 0.346 e. The van der Waals surface area contributed by atoms with E-state index < -0.39 is 0 Å². The van der Waals surface area contributed by atoms with Gasteiger partial charge in [-0.1, -0.05) is 43.6 Å². The van der Waals surface area contributed by atoms with Gasteiger partial charge in [-0.25, -0.2) is 0 Å². The second-order valence-corrected chi connectivity index (χ2v) is 8.57. The van der Waals surface area contributed by atoms with Crippen LogP contribution < -0.4 is 5.32 Å². The molecule has 1 amide bonds. The number of carbonyl (C=O) groups excluding carboxylic acids is 1. The van der Waals surface area contributed by atoms with Crippen LogP contribution in [0.25, 0.3) is 5.65 Å². The van der Waals surface area contributed by atoms with Crippen LogP contribution in [0.1, 0.15) is 50.2 Å². The zero-order valence-electron chi connectivity index (χ0n) is 17.6. The number of benzene rings is 1. The van der Waals surface area contributed by atoms with Gasteiger partial charge in [0.1, 0.15) is 0 Å². The number of fused-ring (bicyclic) bond motifs is 1. The Morgan fingerprint density at radius 3 is 2.42 bits per heavy atom. The van der Waals surface area contributed by atoms with Crippen LogP contribution in [0.5, 0.6) is 0 Å². The van der Waals surface area contributed by atoms with Crippen molar-refractivity contribution in [3.63, 3.8) is 0 Å². The van der Waals surface area contributed by atoms with Gasteiger partial charge in [-0.15, -0.1) is 10.2 Å². The van der Waals surface area contributed by atoms with Crippen LogP contribution >= 0.6 is 11.6 Å². The quantitative estimate of drug-likeness (QED) is 0.420. The lowest BCUT2D eigenvalue weighted by Crippen LogP contribution is -2.32. The van der Waals surface area contributed by atoms with E-state index in [1.807, 2.05) is 82.2 Å². The lowest BCUT2D eigenvalue weighted by atomic mass is 10.0. The van der Waals surface area contributed by atoms with Crippen molar-refractivity contribution in [1.82, 2.24) is 24.5 Å². The van der Waals surface area contributed by atoms with E-state index in [1.165, 1.54) is 0 Å². The second-order valence-electron chi connectivity index (χ2n) is 8.14. The maximum Gasteiger partial charge on any atom is 0.223 e. The number of hydrogen-bond donors (Lipinski definition) is 1. The van der Waals surface area contributed by atoms with Crippen LogP contribution in [0.2, 0.25) is 5.02 Å². The Hall–Kier alpha value is -3.12. The summed E-state index contributed by atoms with van der Waals surface area (Å²) in [6, 6.07) is 17.0. The molecule has 7 heteroatoms. The number of halogens is 1. The highest BCUT2D eigenvalue weighted by atomic mass is 35.5. The van der Waals surface area contributed by atoms with Gasteiger partial charge in [-0.2, -0.15) is 0 Å². The van der Waals surface area contributed by atoms with E-state index in [1.54, 1.807) is 0 Å². The molecular weight excluding hydrogens is 410 g/mol. The molecule has 0 radical (unpaired) electrons. The predicted molar refractivity (Wildman–Crippen MR) is 122 cm³/mol. The summed E-state index contributed by atoms with van der Waals surface area (Å²) in [4.78, 5) is 13.2. The first kappa shape index (κ1) is 21.1. The molecule has 1 unspecified atom stereocenters. The number of pyridine rings is 1. The second kappa shape index (κ2) is 9.35. The van der Waals surface area contributed by atoms with E-state index >= 15 is 0 Å². The molecule has 0 aliphatic rings. The Morgan fingerprint density at radius 2 is 1.71 bits per heavy atom. The third kappa shape index (κ3) is 4.97. The summed E-state index contributed by atoms with van der Waals surface area (Å²) < 4.78 is 3.99. The molecule has 3 aromatic heterocycles. The number of rotatable bonds is 8. The van der Waals surface area contributed by atoms with Crippen molar-refractivity contribution in [3.8, 4) is 0 Å². The topological polar surface area (TPSA) is 64.2 Å². The summed E-state index contributed by atoms with van der Waals surface area (Å²) in [5, 5.41) is 12.5. The average Bonchev–Trinajstić information content (AvgIpc) is 3.42. The molecule has 4 rings (SSSR count). The summed E-state index contributed by atoms with van der Waals surface area (Å²) in [5.74, 6) is 1.10. The lowest BCUT2D eigenvalue weighted by molar-refractivity contribution is -0.122. The third-order valence-corrected chi connectivity index (χ3v) is 5.57. The van der Waals surface area contributed by atoms with Crippen molar-refractivity contribution in [2.75, 3.05) is 0 Å². The van der Waals surface area contributed by atoms with E-state index in [2.05, 4.69) is 29.4 Å². The first-order chi connectivity index (χ1) is 15.0. The summed E-state index contributed by atoms with van der Waals surface area (Å²) in [7, 11) is 0. The Kier molecular flexibility index (Phi) is 6.37. The van der Waals surface area contributed by atoms with Crippen LogP contribution in [0.4, 0.5) is 0 Å². The predicted octanol–water partition coefficient (Wildman–Crippen LogP) is 5.07. The van der Waals surface area contributed by atoms with Crippen molar-refractivity contribution < 1.29 is 4.79 Å². The molecule has 0 saturated carbocycles. The highest BCUT2D eigenvalue weighted by Gasteiger charge is 2.24. The summed E-state index contributed by atoms with van der Waals surface area (Å²) in [6.45, 7) is 4.28. The van der Waals surface area contributed by atoms with Gasteiger partial charge < -0.3 is 9.88 Å². The molecule has 1 N–H and O–H groups in total.